The molecule has 162 valence electrons. The van der Waals surface area contributed by atoms with E-state index in [1.165, 1.54) is 11.8 Å². The first-order valence-electron chi connectivity index (χ1n) is 10.3. The van der Waals surface area contributed by atoms with E-state index in [4.69, 9.17) is 0 Å². The largest absolute Gasteiger partial charge is 0.480 e. The van der Waals surface area contributed by atoms with Crippen molar-refractivity contribution in [2.75, 3.05) is 0 Å². The number of nitrogens with zero attached hydrogens (tertiary/aromatic N) is 1. The van der Waals surface area contributed by atoms with Crippen molar-refractivity contribution in [3.8, 4) is 0 Å². The van der Waals surface area contributed by atoms with Crippen LogP contribution >= 0.6 is 11.8 Å². The smallest absolute Gasteiger partial charge is 0.326 e. The number of hydrogen-bond acceptors (Lipinski definition) is 5. The molecule has 8 heteroatoms. The molecule has 0 radical (unpaired) electrons. The number of hydrogen-bond donors (Lipinski definition) is 2. The van der Waals surface area contributed by atoms with Gasteiger partial charge in [0.15, 0.2) is 5.12 Å². The third-order valence-corrected chi connectivity index (χ3v) is 7.12. The van der Waals surface area contributed by atoms with Crippen LogP contribution in [0.15, 0.2) is 24.3 Å². The molecule has 4 atom stereocenters. The lowest BCUT2D eigenvalue weighted by atomic mass is 9.89. The van der Waals surface area contributed by atoms with Crippen LogP contribution in [0.25, 0.3) is 0 Å². The molecule has 2 N–H and O–H groups in total. The molecular weight excluding hydrogens is 404 g/mol. The third-order valence-electron chi connectivity index (χ3n) is 5.78. The predicted molar refractivity (Wildman–Crippen MR) is 114 cm³/mol. The maximum atomic E-state index is 13.5. The number of aliphatic carboxylic acids is 1. The third kappa shape index (κ3) is 4.53. The van der Waals surface area contributed by atoms with Crippen LogP contribution in [0.1, 0.15) is 57.2 Å². The van der Waals surface area contributed by atoms with Crippen LogP contribution in [0.4, 0.5) is 0 Å². The molecule has 2 aliphatic heterocycles. The Hall–Kier alpha value is -2.35. The number of carbonyl (C=O) groups is 4. The zero-order valence-corrected chi connectivity index (χ0v) is 18.3. The number of thioether (sulfide) groups is 1. The van der Waals surface area contributed by atoms with Gasteiger partial charge in [-0.15, -0.1) is 0 Å². The number of piperidine rings is 1. The van der Waals surface area contributed by atoms with Gasteiger partial charge in [-0.05, 0) is 36.3 Å². The summed E-state index contributed by atoms with van der Waals surface area (Å²) in [5, 5.41) is 11.8. The molecule has 2 aliphatic rings. The first-order chi connectivity index (χ1) is 14.2. The number of carbonyl (C=O) groups excluding carboxylic acids is 3. The van der Waals surface area contributed by atoms with Gasteiger partial charge in [0.1, 0.15) is 12.1 Å². The van der Waals surface area contributed by atoms with Crippen molar-refractivity contribution in [3.63, 3.8) is 0 Å². The van der Waals surface area contributed by atoms with Crippen LogP contribution in [0.3, 0.4) is 0 Å². The minimum atomic E-state index is -1.02. The van der Waals surface area contributed by atoms with Gasteiger partial charge >= 0.3 is 5.97 Å². The number of carboxylic acid groups (broad SMARTS) is 1. The van der Waals surface area contributed by atoms with E-state index in [9.17, 15) is 24.3 Å². The molecule has 1 fully saturated rings. The van der Waals surface area contributed by atoms with Crippen molar-refractivity contribution in [1.82, 2.24) is 10.2 Å². The van der Waals surface area contributed by atoms with Crippen molar-refractivity contribution in [2.45, 2.75) is 69.8 Å². The lowest BCUT2D eigenvalue weighted by molar-refractivity contribution is -0.156. The molecule has 7 nitrogen and oxygen atoms in total. The van der Waals surface area contributed by atoms with E-state index in [2.05, 4.69) is 5.32 Å². The van der Waals surface area contributed by atoms with Crippen LogP contribution in [0.5, 0.6) is 0 Å². The highest BCUT2D eigenvalue weighted by molar-refractivity contribution is 8.14. The summed E-state index contributed by atoms with van der Waals surface area (Å²) in [6.45, 7) is 5.12. The van der Waals surface area contributed by atoms with Gasteiger partial charge in [0.2, 0.25) is 11.8 Å². The summed E-state index contributed by atoms with van der Waals surface area (Å²) in [6.07, 6.45) is 2.12. The van der Waals surface area contributed by atoms with Crippen LogP contribution in [-0.2, 0) is 25.6 Å². The maximum Gasteiger partial charge on any atom is 0.326 e. The van der Waals surface area contributed by atoms with E-state index in [-0.39, 0.29) is 28.9 Å². The highest BCUT2D eigenvalue weighted by atomic mass is 32.2. The van der Waals surface area contributed by atoms with Gasteiger partial charge in [-0.1, -0.05) is 49.9 Å². The number of rotatable bonds is 5. The highest BCUT2D eigenvalue weighted by Crippen LogP contribution is 2.39. The summed E-state index contributed by atoms with van der Waals surface area (Å²) in [6, 6.07) is 5.57. The molecule has 0 saturated carbocycles. The summed E-state index contributed by atoms with van der Waals surface area (Å²) in [7, 11) is 0. The highest BCUT2D eigenvalue weighted by Gasteiger charge is 2.45. The van der Waals surface area contributed by atoms with Gasteiger partial charge in [-0.25, -0.2) is 4.79 Å². The van der Waals surface area contributed by atoms with Gasteiger partial charge in [-0.3, -0.25) is 14.4 Å². The minimum Gasteiger partial charge on any atom is -0.480 e. The predicted octanol–water partition coefficient (Wildman–Crippen LogP) is 2.54. The molecule has 30 heavy (non-hydrogen) atoms. The molecule has 1 aromatic rings. The maximum absolute atomic E-state index is 13.5. The van der Waals surface area contributed by atoms with Gasteiger partial charge in [0, 0.05) is 13.3 Å². The van der Waals surface area contributed by atoms with E-state index in [0.29, 0.717) is 19.3 Å². The zero-order chi connectivity index (χ0) is 22.0. The van der Waals surface area contributed by atoms with Crippen LogP contribution in [0, 0.1) is 5.92 Å². The second-order valence-electron chi connectivity index (χ2n) is 8.28. The minimum absolute atomic E-state index is 0.0958. The molecule has 2 heterocycles. The van der Waals surface area contributed by atoms with E-state index in [1.807, 2.05) is 38.1 Å². The molecular formula is C22H28N2O5S. The summed E-state index contributed by atoms with van der Waals surface area (Å²) in [4.78, 5) is 51.4. The Morgan fingerprint density at radius 3 is 2.53 bits per heavy atom. The second kappa shape index (κ2) is 9.20. The summed E-state index contributed by atoms with van der Waals surface area (Å²) in [5.74, 6) is -1.86. The van der Waals surface area contributed by atoms with E-state index < -0.39 is 23.3 Å². The fraction of sp³-hybridized carbons (Fsp3) is 0.545. The van der Waals surface area contributed by atoms with Gasteiger partial charge in [0.25, 0.3) is 0 Å². The summed E-state index contributed by atoms with van der Waals surface area (Å²) in [5.41, 5.74) is 1.89. The van der Waals surface area contributed by atoms with Gasteiger partial charge in [-0.2, -0.15) is 0 Å². The Morgan fingerprint density at radius 2 is 1.90 bits per heavy atom. The Kier molecular flexibility index (Phi) is 6.85. The number of fused-ring (bicyclic) bond motifs is 3. The Balaban J connectivity index is 1.95. The molecule has 0 spiro atoms. The molecule has 0 unspecified atom stereocenters. The van der Waals surface area contributed by atoms with Crippen LogP contribution < -0.4 is 5.32 Å². The molecule has 1 saturated heterocycles. The van der Waals surface area contributed by atoms with E-state index in [0.717, 1.165) is 29.3 Å². The fourth-order valence-corrected chi connectivity index (χ4v) is 5.23. The lowest BCUT2D eigenvalue weighted by Crippen LogP contribution is -2.56. The molecule has 3 rings (SSSR count). The average Bonchev–Trinajstić information content (AvgIpc) is 2.81. The lowest BCUT2D eigenvalue weighted by Gasteiger charge is -2.40. The first kappa shape index (κ1) is 22.3. The van der Waals surface area contributed by atoms with Gasteiger partial charge < -0.3 is 15.3 Å². The molecule has 0 aliphatic carbocycles. The molecule has 0 bridgehead atoms. The fourth-order valence-electron chi connectivity index (χ4n) is 4.43. The quantitative estimate of drug-likeness (QED) is 0.741. The molecule has 0 aromatic heterocycles. The van der Waals surface area contributed by atoms with Gasteiger partial charge in [0.05, 0.1) is 11.3 Å². The Bertz CT molecular complexity index is 856. The standard InChI is InChI=1S/C22H28N2O5S/c1-12(2)19(30-13(3)25)20(26)23-16-11-14-7-4-5-8-15(14)17-9-6-10-18(22(28)29)24(17)21(16)27/h4-5,7-8,12,16-19H,6,9-11H2,1-3H3,(H,23,26)(H,28,29)/t16-,17+,18+,19-/m1/s1. The second-order valence-corrected chi connectivity index (χ2v) is 9.60. The van der Waals surface area contributed by atoms with Crippen molar-refractivity contribution in [3.05, 3.63) is 35.4 Å². The Labute approximate surface area is 180 Å². The van der Waals surface area contributed by atoms with Crippen molar-refractivity contribution < 1.29 is 24.3 Å². The van der Waals surface area contributed by atoms with E-state index in [1.54, 1.807) is 0 Å². The number of nitrogens with one attached hydrogen (secondary N) is 1. The number of carboxylic acids is 1. The number of benzene rings is 1. The molecule has 2 amide bonds. The number of amides is 2. The summed E-state index contributed by atoms with van der Waals surface area (Å²) < 4.78 is 0. The monoisotopic (exact) mass is 432 g/mol. The topological polar surface area (TPSA) is 104 Å². The van der Waals surface area contributed by atoms with Crippen molar-refractivity contribution in [1.29, 1.82) is 0 Å². The van der Waals surface area contributed by atoms with Crippen molar-refractivity contribution in [2.24, 2.45) is 5.92 Å². The van der Waals surface area contributed by atoms with Crippen molar-refractivity contribution >= 4 is 34.7 Å². The van der Waals surface area contributed by atoms with E-state index >= 15 is 0 Å². The first-order valence-corrected chi connectivity index (χ1v) is 11.2. The average molecular weight is 433 g/mol. The molecule has 1 aromatic carbocycles. The van der Waals surface area contributed by atoms with Crippen LogP contribution in [0.2, 0.25) is 0 Å². The van der Waals surface area contributed by atoms with Crippen LogP contribution in [-0.4, -0.2) is 50.2 Å². The summed E-state index contributed by atoms with van der Waals surface area (Å²) >= 11 is 0.955. The zero-order valence-electron chi connectivity index (χ0n) is 17.5. The SMILES string of the molecule is CC(=O)S[C@@H](C(=O)N[C@@H]1Cc2ccccc2[C@@H]2CCC[C@@H](C(=O)O)N2C1=O)C(C)C. The Morgan fingerprint density at radius 1 is 1.20 bits per heavy atom. The normalized spacial score (nSPS) is 24.5.